The molecule has 6 heteroatoms. The fourth-order valence-corrected chi connectivity index (χ4v) is 3.36. The average molecular weight is 268 g/mol. The highest BCUT2D eigenvalue weighted by molar-refractivity contribution is 7.89. The van der Waals surface area contributed by atoms with E-state index in [0.717, 1.165) is 5.56 Å². The predicted molar refractivity (Wildman–Crippen MR) is 64.9 cm³/mol. The second-order valence-corrected chi connectivity index (χ2v) is 6.94. The van der Waals surface area contributed by atoms with Crippen molar-refractivity contribution in [2.24, 2.45) is 0 Å². The van der Waals surface area contributed by atoms with Crippen LogP contribution in [0.5, 0.6) is 0 Å². The molecule has 0 aliphatic heterocycles. The number of rotatable bonds is 5. The van der Waals surface area contributed by atoms with Gasteiger partial charge in [0.15, 0.2) is 0 Å². The van der Waals surface area contributed by atoms with E-state index in [0.29, 0.717) is 6.54 Å². The molecule has 0 spiro atoms. The summed E-state index contributed by atoms with van der Waals surface area (Å²) in [6, 6.07) is 1.92. The molecule has 1 unspecified atom stereocenters. The van der Waals surface area contributed by atoms with Crippen LogP contribution in [0.4, 0.5) is 0 Å². The normalized spacial score (nSPS) is 14.4. The molecule has 0 aliphatic rings. The number of hydrogen-bond acceptors (Lipinski definition) is 3. The Hall–Kier alpha value is -0.100. The average Bonchev–Trinajstić information content (AvgIpc) is 2.68. The van der Waals surface area contributed by atoms with Crippen LogP contribution in [0, 0.1) is 0 Å². The molecule has 3 nitrogen and oxygen atoms in total. The Morgan fingerprint density at radius 2 is 2.27 bits per heavy atom. The highest BCUT2D eigenvalue weighted by Crippen LogP contribution is 2.14. The van der Waals surface area contributed by atoms with Crippen LogP contribution >= 0.6 is 22.9 Å². The molecule has 0 fully saturated rings. The van der Waals surface area contributed by atoms with Gasteiger partial charge >= 0.3 is 0 Å². The van der Waals surface area contributed by atoms with Crippen LogP contribution < -0.4 is 0 Å². The summed E-state index contributed by atoms with van der Waals surface area (Å²) in [7, 11) is -1.68. The molecule has 0 radical (unpaired) electrons. The van der Waals surface area contributed by atoms with E-state index in [4.69, 9.17) is 11.6 Å². The molecule has 1 aromatic rings. The Kier molecular flexibility index (Phi) is 4.58. The minimum Gasteiger partial charge on any atom is -0.212 e. The number of halogens is 1. The Labute approximate surface area is 99.7 Å². The van der Waals surface area contributed by atoms with Crippen molar-refractivity contribution in [3.63, 3.8) is 0 Å². The fourth-order valence-electron chi connectivity index (χ4n) is 1.12. The van der Waals surface area contributed by atoms with Gasteiger partial charge in [0, 0.05) is 19.5 Å². The summed E-state index contributed by atoms with van der Waals surface area (Å²) in [4.78, 5) is 0. The Morgan fingerprint density at radius 3 is 2.73 bits per heavy atom. The lowest BCUT2D eigenvalue weighted by Crippen LogP contribution is -2.34. The third kappa shape index (κ3) is 3.17. The van der Waals surface area contributed by atoms with E-state index in [1.54, 1.807) is 25.3 Å². The van der Waals surface area contributed by atoms with Crippen molar-refractivity contribution >= 4 is 33.0 Å². The maximum Gasteiger partial charge on any atom is 0.217 e. The minimum atomic E-state index is -3.26. The summed E-state index contributed by atoms with van der Waals surface area (Å²) in [6.45, 7) is 2.03. The molecule has 0 amide bonds. The standard InChI is InChI=1S/C9H14ClNO2S2/c1-8(5-10)15(12,13)11(2)6-9-3-4-14-7-9/h3-4,7-8H,5-6H2,1-2H3. The lowest BCUT2D eigenvalue weighted by atomic mass is 10.3. The Balaban J connectivity index is 2.72. The molecular weight excluding hydrogens is 254 g/mol. The van der Waals surface area contributed by atoms with Gasteiger partial charge in [0.1, 0.15) is 0 Å². The Morgan fingerprint density at radius 1 is 1.60 bits per heavy atom. The van der Waals surface area contributed by atoms with Crippen molar-refractivity contribution in [1.29, 1.82) is 0 Å². The van der Waals surface area contributed by atoms with Crippen molar-refractivity contribution < 1.29 is 8.42 Å². The summed E-state index contributed by atoms with van der Waals surface area (Å²) in [5.41, 5.74) is 1.01. The zero-order valence-corrected chi connectivity index (χ0v) is 11.1. The van der Waals surface area contributed by atoms with Gasteiger partial charge in [0.25, 0.3) is 0 Å². The first kappa shape index (κ1) is 13.0. The van der Waals surface area contributed by atoms with Crippen LogP contribution in [0.1, 0.15) is 12.5 Å². The fraction of sp³-hybridized carbons (Fsp3) is 0.556. The summed E-state index contributed by atoms with van der Waals surface area (Å²) >= 11 is 7.12. The molecule has 1 rings (SSSR count). The van der Waals surface area contributed by atoms with Gasteiger partial charge < -0.3 is 0 Å². The smallest absolute Gasteiger partial charge is 0.212 e. The molecular formula is C9H14ClNO2S2. The summed E-state index contributed by atoms with van der Waals surface area (Å²) < 4.78 is 25.0. The zero-order valence-electron chi connectivity index (χ0n) is 8.68. The molecule has 0 saturated heterocycles. The van der Waals surface area contributed by atoms with Crippen molar-refractivity contribution in [2.45, 2.75) is 18.7 Å². The van der Waals surface area contributed by atoms with Gasteiger partial charge in [0.2, 0.25) is 10.0 Å². The van der Waals surface area contributed by atoms with Crippen LogP contribution in [-0.4, -0.2) is 30.9 Å². The first-order valence-electron chi connectivity index (χ1n) is 4.50. The summed E-state index contributed by atoms with van der Waals surface area (Å²) in [5, 5.41) is 3.33. The van der Waals surface area contributed by atoms with Crippen LogP contribution in [0.3, 0.4) is 0 Å². The molecule has 86 valence electrons. The third-order valence-electron chi connectivity index (χ3n) is 2.15. The number of thiophene rings is 1. The van der Waals surface area contributed by atoms with Crippen molar-refractivity contribution in [2.75, 3.05) is 12.9 Å². The highest BCUT2D eigenvalue weighted by atomic mass is 35.5. The predicted octanol–water partition coefficient (Wildman–Crippen LogP) is 2.14. The molecule has 15 heavy (non-hydrogen) atoms. The Bertz CT molecular complexity index is 388. The van der Waals surface area contributed by atoms with Gasteiger partial charge in [-0.05, 0) is 29.3 Å². The van der Waals surface area contributed by atoms with Gasteiger partial charge in [-0.2, -0.15) is 11.3 Å². The largest absolute Gasteiger partial charge is 0.217 e. The number of alkyl halides is 1. The van der Waals surface area contributed by atoms with Gasteiger partial charge in [-0.3, -0.25) is 0 Å². The molecule has 0 N–H and O–H groups in total. The van der Waals surface area contributed by atoms with Crippen LogP contribution in [0.25, 0.3) is 0 Å². The first-order chi connectivity index (χ1) is 6.98. The molecule has 0 aliphatic carbocycles. The lowest BCUT2D eigenvalue weighted by molar-refractivity contribution is 0.460. The van der Waals surface area contributed by atoms with E-state index in [1.807, 2.05) is 16.8 Å². The van der Waals surface area contributed by atoms with E-state index < -0.39 is 15.3 Å². The van der Waals surface area contributed by atoms with E-state index in [1.165, 1.54) is 4.31 Å². The van der Waals surface area contributed by atoms with Crippen LogP contribution in [0.15, 0.2) is 16.8 Å². The monoisotopic (exact) mass is 267 g/mol. The van der Waals surface area contributed by atoms with Crippen molar-refractivity contribution in [3.05, 3.63) is 22.4 Å². The number of sulfonamides is 1. The quantitative estimate of drug-likeness (QED) is 0.767. The van der Waals surface area contributed by atoms with E-state index in [2.05, 4.69) is 0 Å². The maximum absolute atomic E-state index is 11.8. The van der Waals surface area contributed by atoms with E-state index in [9.17, 15) is 8.42 Å². The van der Waals surface area contributed by atoms with Crippen molar-refractivity contribution in [3.8, 4) is 0 Å². The van der Waals surface area contributed by atoms with E-state index in [-0.39, 0.29) is 5.88 Å². The van der Waals surface area contributed by atoms with Crippen molar-refractivity contribution in [1.82, 2.24) is 4.31 Å². The molecule has 1 heterocycles. The van der Waals surface area contributed by atoms with E-state index >= 15 is 0 Å². The van der Waals surface area contributed by atoms with Gasteiger partial charge in [0.05, 0.1) is 5.25 Å². The van der Waals surface area contributed by atoms with Gasteiger partial charge in [-0.15, -0.1) is 11.6 Å². The topological polar surface area (TPSA) is 37.4 Å². The van der Waals surface area contributed by atoms with Crippen LogP contribution in [-0.2, 0) is 16.6 Å². The first-order valence-corrected chi connectivity index (χ1v) is 7.48. The molecule has 0 saturated carbocycles. The number of nitrogens with zero attached hydrogens (tertiary/aromatic N) is 1. The van der Waals surface area contributed by atoms with Gasteiger partial charge in [-0.1, -0.05) is 0 Å². The summed E-state index contributed by atoms with van der Waals surface area (Å²) in [6.07, 6.45) is 0. The zero-order chi connectivity index (χ0) is 11.5. The molecule has 0 bridgehead atoms. The van der Waals surface area contributed by atoms with Crippen LogP contribution in [0.2, 0.25) is 0 Å². The SMILES string of the molecule is CC(CCl)S(=O)(=O)N(C)Cc1ccsc1. The third-order valence-corrected chi connectivity index (χ3v) is 5.71. The van der Waals surface area contributed by atoms with Gasteiger partial charge in [-0.25, -0.2) is 12.7 Å². The highest BCUT2D eigenvalue weighted by Gasteiger charge is 2.25. The molecule has 1 aromatic heterocycles. The molecule has 1 atom stereocenters. The minimum absolute atomic E-state index is 0.121. The second-order valence-electron chi connectivity index (χ2n) is 3.40. The maximum atomic E-state index is 11.8. The molecule has 0 aromatic carbocycles. The second kappa shape index (κ2) is 5.30. The number of hydrogen-bond donors (Lipinski definition) is 0. The lowest BCUT2D eigenvalue weighted by Gasteiger charge is -2.20. The summed E-state index contributed by atoms with van der Waals surface area (Å²) in [5.74, 6) is 0.121.